The van der Waals surface area contributed by atoms with Crippen LogP contribution in [-0.2, 0) is 50.5 Å². The van der Waals surface area contributed by atoms with Crippen molar-refractivity contribution in [3.63, 3.8) is 0 Å². The van der Waals surface area contributed by atoms with Crippen molar-refractivity contribution in [2.45, 2.75) is 72.4 Å². The van der Waals surface area contributed by atoms with Gasteiger partial charge in [0.2, 0.25) is 0 Å². The zero-order chi connectivity index (χ0) is 20.1. The summed E-state index contributed by atoms with van der Waals surface area (Å²) in [5.74, 6) is 0.426. The van der Waals surface area contributed by atoms with Crippen LogP contribution < -0.4 is 0 Å². The van der Waals surface area contributed by atoms with E-state index in [4.69, 9.17) is 0 Å². The van der Waals surface area contributed by atoms with Crippen LogP contribution in [0.15, 0.2) is 42.5 Å². The SMILES string of the molecule is CCC(C(=O)Cc1c(C)cccc1C)[N+]1(Cc2ccccc2C)CCCCC1.[Y]. The molecule has 1 aliphatic heterocycles. The summed E-state index contributed by atoms with van der Waals surface area (Å²) in [7, 11) is 0. The summed E-state index contributed by atoms with van der Waals surface area (Å²) in [6.07, 6.45) is 5.27. The Morgan fingerprint density at radius 1 is 0.897 bits per heavy atom. The number of quaternary nitrogens is 1. The summed E-state index contributed by atoms with van der Waals surface area (Å²) >= 11 is 0. The molecule has 29 heavy (non-hydrogen) atoms. The fraction of sp³-hybridized carbons (Fsp3) is 0.500. The third kappa shape index (κ3) is 5.66. The van der Waals surface area contributed by atoms with Crippen LogP contribution in [0.1, 0.15) is 60.4 Å². The van der Waals surface area contributed by atoms with Gasteiger partial charge in [-0.25, -0.2) is 0 Å². The van der Waals surface area contributed by atoms with Crippen molar-refractivity contribution in [2.75, 3.05) is 13.1 Å². The molecular weight excluding hydrogens is 431 g/mol. The molecule has 2 aromatic rings. The van der Waals surface area contributed by atoms with E-state index in [1.54, 1.807) is 0 Å². The van der Waals surface area contributed by atoms with E-state index in [0.29, 0.717) is 12.2 Å². The third-order valence-electron chi connectivity index (χ3n) is 6.87. The molecule has 1 atom stereocenters. The molecule has 0 aliphatic carbocycles. The minimum Gasteiger partial charge on any atom is -0.311 e. The molecule has 3 rings (SSSR count). The van der Waals surface area contributed by atoms with Gasteiger partial charge in [0, 0.05) is 51.1 Å². The van der Waals surface area contributed by atoms with Gasteiger partial charge in [0.05, 0.1) is 13.1 Å². The third-order valence-corrected chi connectivity index (χ3v) is 6.87. The first kappa shape index (κ1) is 24.4. The van der Waals surface area contributed by atoms with Gasteiger partial charge in [0.25, 0.3) is 0 Å². The number of hydrogen-bond acceptors (Lipinski definition) is 1. The van der Waals surface area contributed by atoms with Gasteiger partial charge in [-0.1, -0.05) is 49.4 Å². The summed E-state index contributed by atoms with van der Waals surface area (Å²) in [4.78, 5) is 13.6. The predicted molar refractivity (Wildman–Crippen MR) is 117 cm³/mol. The van der Waals surface area contributed by atoms with Crippen molar-refractivity contribution in [1.82, 2.24) is 0 Å². The van der Waals surface area contributed by atoms with Crippen LogP contribution in [-0.4, -0.2) is 29.4 Å². The molecule has 0 bridgehead atoms. The molecule has 1 fully saturated rings. The quantitative estimate of drug-likeness (QED) is 0.478. The Labute approximate surface area is 202 Å². The van der Waals surface area contributed by atoms with Crippen LogP contribution in [0.4, 0.5) is 0 Å². The molecule has 2 nitrogen and oxygen atoms in total. The van der Waals surface area contributed by atoms with Crippen LogP contribution in [0.2, 0.25) is 0 Å². The zero-order valence-corrected chi connectivity index (χ0v) is 21.5. The van der Waals surface area contributed by atoms with Gasteiger partial charge in [-0.3, -0.25) is 4.79 Å². The van der Waals surface area contributed by atoms with Crippen LogP contribution in [0.3, 0.4) is 0 Å². The molecule has 0 aromatic heterocycles. The van der Waals surface area contributed by atoms with Crippen molar-refractivity contribution in [2.24, 2.45) is 0 Å². The second-order valence-corrected chi connectivity index (χ2v) is 8.75. The number of hydrogen-bond donors (Lipinski definition) is 0. The fourth-order valence-electron chi connectivity index (χ4n) is 5.19. The largest absolute Gasteiger partial charge is 0.311 e. The van der Waals surface area contributed by atoms with Crippen molar-refractivity contribution in [1.29, 1.82) is 0 Å². The summed E-state index contributed by atoms with van der Waals surface area (Å²) in [5, 5.41) is 0. The van der Waals surface area contributed by atoms with Gasteiger partial charge >= 0.3 is 0 Å². The van der Waals surface area contributed by atoms with Crippen molar-refractivity contribution >= 4 is 5.78 Å². The van der Waals surface area contributed by atoms with Crippen molar-refractivity contribution < 1.29 is 42.0 Å². The van der Waals surface area contributed by atoms with E-state index in [0.717, 1.165) is 30.5 Å². The Morgan fingerprint density at radius 3 is 2.07 bits per heavy atom. The molecule has 1 aliphatic rings. The molecule has 1 radical (unpaired) electrons. The number of nitrogens with zero attached hydrogens (tertiary/aromatic N) is 1. The number of ketones is 1. The first-order valence-electron chi connectivity index (χ1n) is 10.9. The van der Waals surface area contributed by atoms with Crippen LogP contribution in [0.25, 0.3) is 0 Å². The molecule has 1 saturated heterocycles. The molecule has 2 aromatic carbocycles. The average Bonchev–Trinajstić information content (AvgIpc) is 2.68. The Hall–Kier alpha value is -0.826. The van der Waals surface area contributed by atoms with Gasteiger partial charge in [-0.2, -0.15) is 0 Å². The first-order chi connectivity index (χ1) is 13.5. The number of carbonyl (C=O) groups is 1. The van der Waals surface area contributed by atoms with Gasteiger partial charge < -0.3 is 4.48 Å². The zero-order valence-electron chi connectivity index (χ0n) is 18.7. The second-order valence-electron chi connectivity index (χ2n) is 8.75. The Balaban J connectivity index is 0.00000300. The van der Waals surface area contributed by atoms with E-state index in [1.165, 1.54) is 47.1 Å². The monoisotopic (exact) mass is 467 g/mol. The van der Waals surface area contributed by atoms with E-state index in [2.05, 4.69) is 70.2 Å². The number of piperidine rings is 1. The van der Waals surface area contributed by atoms with Gasteiger partial charge in [0.15, 0.2) is 5.78 Å². The molecule has 0 spiro atoms. The van der Waals surface area contributed by atoms with E-state index in [9.17, 15) is 4.79 Å². The van der Waals surface area contributed by atoms with Crippen LogP contribution >= 0.6 is 0 Å². The first-order valence-corrected chi connectivity index (χ1v) is 10.9. The summed E-state index contributed by atoms with van der Waals surface area (Å²) in [6, 6.07) is 15.2. The summed E-state index contributed by atoms with van der Waals surface area (Å²) < 4.78 is 0.950. The molecule has 0 N–H and O–H groups in total. The maximum absolute atomic E-state index is 13.6. The number of aryl methyl sites for hydroxylation is 3. The Kier molecular flexibility index (Phi) is 9.26. The molecule has 1 heterocycles. The second kappa shape index (κ2) is 11.0. The smallest absolute Gasteiger partial charge is 0.194 e. The van der Waals surface area contributed by atoms with E-state index >= 15 is 0 Å². The number of likely N-dealkylation sites (tertiary alicyclic amines) is 1. The number of Topliss-reactive ketones (excluding diaryl/α,β-unsaturated/α-hetero) is 1. The van der Waals surface area contributed by atoms with Gasteiger partial charge in [0.1, 0.15) is 12.6 Å². The molecule has 153 valence electrons. The molecule has 0 saturated carbocycles. The minimum atomic E-state index is 0. The molecule has 0 amide bonds. The predicted octanol–water partition coefficient (Wildman–Crippen LogP) is 5.70. The summed E-state index contributed by atoms with van der Waals surface area (Å²) in [6.45, 7) is 11.9. The maximum atomic E-state index is 13.6. The molecule has 3 heteroatoms. The van der Waals surface area contributed by atoms with Crippen molar-refractivity contribution in [3.8, 4) is 0 Å². The minimum absolute atomic E-state index is 0. The Morgan fingerprint density at radius 2 is 1.48 bits per heavy atom. The Bertz CT molecular complexity index is 803. The standard InChI is InChI=1S/C26H36NO.Y/c1-5-25(26(28)18-24-21(3)13-11-14-22(24)4)27(16-9-6-10-17-27)19-23-15-8-7-12-20(23)2;/h7-8,11-15,25H,5-6,9-10,16-19H2,1-4H3;/q+1;. The van der Waals surface area contributed by atoms with Gasteiger partial charge in [-0.05, 0) is 62.3 Å². The van der Waals surface area contributed by atoms with Crippen molar-refractivity contribution in [3.05, 3.63) is 70.3 Å². The topological polar surface area (TPSA) is 17.1 Å². The van der Waals surface area contributed by atoms with E-state index in [1.807, 2.05) is 0 Å². The normalized spacial score (nSPS) is 16.7. The number of rotatable bonds is 7. The average molecular weight is 467 g/mol. The van der Waals surface area contributed by atoms with Crippen LogP contribution in [0.5, 0.6) is 0 Å². The maximum Gasteiger partial charge on any atom is 0.194 e. The molecule has 1 unspecified atom stereocenters. The summed E-state index contributed by atoms with van der Waals surface area (Å²) in [5.41, 5.74) is 6.47. The molecular formula is C26H36NOY+. The number of benzene rings is 2. The fourth-order valence-corrected chi connectivity index (χ4v) is 5.19. The van der Waals surface area contributed by atoms with Gasteiger partial charge in [-0.15, -0.1) is 0 Å². The van der Waals surface area contributed by atoms with E-state index < -0.39 is 0 Å². The van der Waals surface area contributed by atoms with E-state index in [-0.39, 0.29) is 38.8 Å². The number of carbonyl (C=O) groups excluding carboxylic acids is 1. The van der Waals surface area contributed by atoms with Crippen LogP contribution in [0, 0.1) is 20.8 Å².